The molecule has 0 N–H and O–H groups in total. The molecule has 0 aliphatic carbocycles. The topological polar surface area (TPSA) is 189 Å². The third-order valence-corrected chi connectivity index (χ3v) is 6.74. The molecule has 0 radical (unpaired) electrons. The van der Waals surface area contributed by atoms with Crippen LogP contribution in [0.4, 0.5) is 0 Å². The molecule has 0 amide bonds. The maximum absolute atomic E-state index is 13.0. The molecule has 0 saturated carbocycles. The van der Waals surface area contributed by atoms with Gasteiger partial charge in [-0.15, -0.1) is 0 Å². The lowest BCUT2D eigenvalue weighted by molar-refractivity contribution is -0.288. The van der Waals surface area contributed by atoms with Gasteiger partial charge >= 0.3 is 35.5 Å². The number of hydrogen-bond donors (Lipinski definition) is 0. The summed E-state index contributed by atoms with van der Waals surface area (Å²) in [5.41, 5.74) is -0.967. The van der Waals surface area contributed by atoms with Gasteiger partial charge in [0.15, 0.2) is 18.0 Å². The van der Waals surface area contributed by atoms with E-state index in [-0.39, 0.29) is 35.9 Å². The Morgan fingerprint density at radius 3 is 2.06 bits per heavy atom. The van der Waals surface area contributed by atoms with Crippen LogP contribution < -0.4 is 19.8 Å². The Kier molecular flexibility index (Phi) is 13.6. The van der Waals surface area contributed by atoms with Gasteiger partial charge in [-0.1, -0.05) is 33.1 Å². The monoisotopic (exact) mass is 664 g/mol. The van der Waals surface area contributed by atoms with E-state index in [1.165, 1.54) is 18.2 Å². The Labute approximate surface area is 270 Å². The maximum atomic E-state index is 13.0. The standard InChI is InChI=1S/C32H40O15/c1-7-9-10-11-14-39-26-22-13-12-21(15-23(22)45-31(38)29(26)47-25(37)8-2)44-32-30(43-20(6)36)28(42-19(5)35)27(41-18(4)34)24(46-32)16-40-17(3)33/h12-13,15,24,27-28,30,32H,7-11,14,16H2,1-6H3/t24-,27+,28+,30-,32-/m1/s1. The molecule has 15 heteroatoms. The van der Waals surface area contributed by atoms with Gasteiger partial charge in [0, 0.05) is 40.2 Å². The molecule has 3 rings (SSSR count). The Bertz CT molecular complexity index is 1500. The summed E-state index contributed by atoms with van der Waals surface area (Å²) in [5, 5.41) is 0.299. The van der Waals surface area contributed by atoms with Gasteiger partial charge in [-0.25, -0.2) is 4.79 Å². The van der Waals surface area contributed by atoms with Gasteiger partial charge in [-0.3, -0.25) is 24.0 Å². The number of carbonyl (C=O) groups is 5. The first-order valence-electron chi connectivity index (χ1n) is 15.3. The van der Waals surface area contributed by atoms with Gasteiger partial charge in [0.1, 0.15) is 24.0 Å². The quantitative estimate of drug-likeness (QED) is 0.116. The molecular formula is C32H40O15. The van der Waals surface area contributed by atoms with Crippen molar-refractivity contribution < 1.29 is 66.3 Å². The van der Waals surface area contributed by atoms with Gasteiger partial charge in [0.25, 0.3) is 5.75 Å². The van der Waals surface area contributed by atoms with Crippen molar-refractivity contribution in [2.75, 3.05) is 13.2 Å². The minimum Gasteiger partial charge on any atom is -0.489 e. The van der Waals surface area contributed by atoms with E-state index in [0.29, 0.717) is 11.8 Å². The van der Waals surface area contributed by atoms with Crippen LogP contribution in [0, 0.1) is 0 Å². The zero-order valence-electron chi connectivity index (χ0n) is 27.2. The second kappa shape index (κ2) is 17.3. The van der Waals surface area contributed by atoms with Crippen LogP contribution in [0.25, 0.3) is 11.0 Å². The van der Waals surface area contributed by atoms with Crippen molar-refractivity contribution >= 4 is 40.8 Å². The number of ether oxygens (including phenoxy) is 8. The fourth-order valence-electron chi connectivity index (χ4n) is 4.75. The third kappa shape index (κ3) is 10.4. The number of carbonyl (C=O) groups excluding carboxylic acids is 5. The minimum absolute atomic E-state index is 0.00186. The fourth-order valence-corrected chi connectivity index (χ4v) is 4.75. The summed E-state index contributed by atoms with van der Waals surface area (Å²) >= 11 is 0. The van der Waals surface area contributed by atoms with Crippen LogP contribution >= 0.6 is 0 Å². The lowest BCUT2D eigenvalue weighted by Crippen LogP contribution is -2.63. The smallest absolute Gasteiger partial charge is 0.383 e. The highest BCUT2D eigenvalue weighted by Crippen LogP contribution is 2.37. The highest BCUT2D eigenvalue weighted by Gasteiger charge is 2.53. The average Bonchev–Trinajstić information content (AvgIpc) is 2.99. The van der Waals surface area contributed by atoms with Crippen LogP contribution in [0.15, 0.2) is 27.4 Å². The Morgan fingerprint density at radius 1 is 0.787 bits per heavy atom. The second-order valence-corrected chi connectivity index (χ2v) is 10.6. The molecule has 5 atom stereocenters. The van der Waals surface area contributed by atoms with Crippen LogP contribution in [0.3, 0.4) is 0 Å². The maximum Gasteiger partial charge on any atom is 0.383 e. The van der Waals surface area contributed by atoms with Gasteiger partial charge in [-0.05, 0) is 18.6 Å². The number of esters is 5. The van der Waals surface area contributed by atoms with Gasteiger partial charge in [-0.2, -0.15) is 0 Å². The first-order valence-corrected chi connectivity index (χ1v) is 15.3. The van der Waals surface area contributed by atoms with Crippen molar-refractivity contribution in [1.29, 1.82) is 0 Å². The molecule has 1 aromatic carbocycles. The predicted octanol–water partition coefficient (Wildman–Crippen LogP) is 3.53. The molecule has 0 unspecified atom stereocenters. The molecule has 1 aliphatic rings. The van der Waals surface area contributed by atoms with Crippen LogP contribution in [0.5, 0.6) is 17.2 Å². The SMILES string of the molecule is CCCCCCOc1c(OC(=O)CC)c(=O)oc2cc(O[C@@H]3O[C@H](COC(C)=O)[C@H](OC(C)=O)[C@H](OC(C)=O)[C@H]3OC(C)=O)ccc12. The summed E-state index contributed by atoms with van der Waals surface area (Å²) in [6.45, 7) is 7.92. The van der Waals surface area contributed by atoms with E-state index < -0.39 is 72.8 Å². The molecule has 1 fully saturated rings. The molecule has 15 nitrogen and oxygen atoms in total. The molecule has 2 aromatic rings. The summed E-state index contributed by atoms with van der Waals surface area (Å²) in [4.78, 5) is 72.9. The molecule has 1 aromatic heterocycles. The van der Waals surface area contributed by atoms with Crippen molar-refractivity contribution in [3.05, 3.63) is 28.6 Å². The van der Waals surface area contributed by atoms with E-state index in [1.54, 1.807) is 6.92 Å². The van der Waals surface area contributed by atoms with Crippen LogP contribution in [-0.2, 0) is 47.7 Å². The number of unbranched alkanes of at least 4 members (excludes halogenated alkanes) is 3. The van der Waals surface area contributed by atoms with Crippen LogP contribution in [0.2, 0.25) is 0 Å². The normalized spacial score (nSPS) is 20.5. The van der Waals surface area contributed by atoms with E-state index in [1.807, 2.05) is 0 Å². The van der Waals surface area contributed by atoms with Gasteiger partial charge in [0.05, 0.1) is 12.0 Å². The molecule has 0 bridgehead atoms. The lowest BCUT2D eigenvalue weighted by atomic mass is 9.98. The number of benzene rings is 1. The molecule has 47 heavy (non-hydrogen) atoms. The van der Waals surface area contributed by atoms with Gasteiger partial charge < -0.3 is 42.3 Å². The zero-order valence-corrected chi connectivity index (χ0v) is 27.2. The number of fused-ring (bicyclic) bond motifs is 1. The molecule has 0 spiro atoms. The van der Waals surface area contributed by atoms with E-state index in [0.717, 1.165) is 47.0 Å². The largest absolute Gasteiger partial charge is 0.489 e. The summed E-state index contributed by atoms with van der Waals surface area (Å²) in [5.74, 6) is -4.03. The fraction of sp³-hybridized carbons (Fsp3) is 0.562. The highest BCUT2D eigenvalue weighted by atomic mass is 16.7. The highest BCUT2D eigenvalue weighted by molar-refractivity contribution is 5.88. The molecule has 258 valence electrons. The summed E-state index contributed by atoms with van der Waals surface area (Å²) < 4.78 is 50.0. The van der Waals surface area contributed by atoms with Crippen molar-refractivity contribution in [3.63, 3.8) is 0 Å². The van der Waals surface area contributed by atoms with Gasteiger partial charge in [0.2, 0.25) is 12.4 Å². The van der Waals surface area contributed by atoms with E-state index in [4.69, 9.17) is 42.3 Å². The molecule has 1 aliphatic heterocycles. The molecule has 2 heterocycles. The van der Waals surface area contributed by atoms with Crippen molar-refractivity contribution in [3.8, 4) is 17.2 Å². The summed E-state index contributed by atoms with van der Waals surface area (Å²) in [6, 6.07) is 4.30. The second-order valence-electron chi connectivity index (χ2n) is 10.6. The molecular weight excluding hydrogens is 624 g/mol. The van der Waals surface area contributed by atoms with Crippen LogP contribution in [0.1, 0.15) is 73.6 Å². The Balaban J connectivity index is 2.05. The molecule has 1 saturated heterocycles. The van der Waals surface area contributed by atoms with Crippen molar-refractivity contribution in [1.82, 2.24) is 0 Å². The van der Waals surface area contributed by atoms with E-state index in [2.05, 4.69) is 6.92 Å². The first kappa shape index (κ1) is 36.8. The lowest BCUT2D eigenvalue weighted by Gasteiger charge is -2.43. The summed E-state index contributed by atoms with van der Waals surface area (Å²) in [6.07, 6.45) is -3.42. The number of hydrogen-bond acceptors (Lipinski definition) is 15. The minimum atomic E-state index is -1.51. The zero-order chi connectivity index (χ0) is 34.7. The van der Waals surface area contributed by atoms with Crippen molar-refractivity contribution in [2.24, 2.45) is 0 Å². The van der Waals surface area contributed by atoms with E-state index >= 15 is 0 Å². The predicted molar refractivity (Wildman–Crippen MR) is 161 cm³/mol. The average molecular weight is 665 g/mol. The Morgan fingerprint density at radius 2 is 1.45 bits per heavy atom. The summed E-state index contributed by atoms with van der Waals surface area (Å²) in [7, 11) is 0. The van der Waals surface area contributed by atoms with Crippen LogP contribution in [-0.4, -0.2) is 73.8 Å². The number of rotatable bonds is 15. The first-order chi connectivity index (χ1) is 22.3. The van der Waals surface area contributed by atoms with E-state index in [9.17, 15) is 28.8 Å². The van der Waals surface area contributed by atoms with Crippen molar-refractivity contribution in [2.45, 2.75) is 104 Å². The third-order valence-electron chi connectivity index (χ3n) is 6.74. The Hall–Kier alpha value is -4.66.